The van der Waals surface area contributed by atoms with Crippen molar-refractivity contribution in [3.8, 4) is 11.3 Å². The fourth-order valence-electron chi connectivity index (χ4n) is 2.14. The molecule has 0 saturated heterocycles. The molecule has 2 aromatic heterocycles. The van der Waals surface area contributed by atoms with E-state index in [1.54, 1.807) is 18.3 Å². The van der Waals surface area contributed by atoms with E-state index in [0.29, 0.717) is 11.2 Å². The summed E-state index contributed by atoms with van der Waals surface area (Å²) >= 11 is 3.18. The molecule has 0 fully saturated rings. The van der Waals surface area contributed by atoms with Crippen molar-refractivity contribution in [3.63, 3.8) is 0 Å². The highest BCUT2D eigenvalue weighted by atomic mass is 79.9. The molecule has 0 aliphatic rings. The topological polar surface area (TPSA) is 55.1 Å². The lowest BCUT2D eigenvalue weighted by atomic mass is 10.1. The molecule has 5 heteroatoms. The molecule has 1 amide bonds. The third-order valence-electron chi connectivity index (χ3n) is 3.17. The van der Waals surface area contributed by atoms with Crippen LogP contribution in [0.25, 0.3) is 11.3 Å². The molecule has 0 radical (unpaired) electrons. The predicted molar refractivity (Wildman–Crippen MR) is 87.3 cm³/mol. The van der Waals surface area contributed by atoms with Gasteiger partial charge in [-0.1, -0.05) is 36.4 Å². The van der Waals surface area contributed by atoms with Crippen LogP contribution in [0.4, 0.5) is 0 Å². The maximum absolute atomic E-state index is 12.0. The number of carbonyl (C=O) groups is 1. The van der Waals surface area contributed by atoms with Crippen molar-refractivity contribution in [1.82, 2.24) is 10.3 Å². The SMILES string of the molecule is O=C(NCc1cccnc1-c1ccccc1)c1ccc(Br)o1. The van der Waals surface area contributed by atoms with E-state index in [1.807, 2.05) is 42.5 Å². The highest BCUT2D eigenvalue weighted by molar-refractivity contribution is 9.10. The van der Waals surface area contributed by atoms with E-state index < -0.39 is 0 Å². The molecule has 2 heterocycles. The van der Waals surface area contributed by atoms with Gasteiger partial charge in [-0.15, -0.1) is 0 Å². The molecule has 3 rings (SSSR count). The van der Waals surface area contributed by atoms with E-state index >= 15 is 0 Å². The predicted octanol–water partition coefficient (Wildman–Crippen LogP) is 4.03. The van der Waals surface area contributed by atoms with Crippen LogP contribution in [0.2, 0.25) is 0 Å². The highest BCUT2D eigenvalue weighted by Gasteiger charge is 2.12. The summed E-state index contributed by atoms with van der Waals surface area (Å²) in [6, 6.07) is 17.0. The smallest absolute Gasteiger partial charge is 0.287 e. The minimum atomic E-state index is -0.256. The molecule has 110 valence electrons. The number of furan rings is 1. The van der Waals surface area contributed by atoms with Gasteiger partial charge in [-0.3, -0.25) is 9.78 Å². The zero-order valence-corrected chi connectivity index (χ0v) is 13.2. The first kappa shape index (κ1) is 14.5. The first-order valence-corrected chi connectivity index (χ1v) is 7.56. The van der Waals surface area contributed by atoms with E-state index in [4.69, 9.17) is 4.42 Å². The van der Waals surface area contributed by atoms with Crippen LogP contribution >= 0.6 is 15.9 Å². The molecule has 0 atom stereocenters. The molecule has 1 N–H and O–H groups in total. The Morgan fingerprint density at radius 3 is 2.64 bits per heavy atom. The van der Waals surface area contributed by atoms with Crippen molar-refractivity contribution < 1.29 is 9.21 Å². The Kier molecular flexibility index (Phi) is 4.34. The number of nitrogens with zero attached hydrogens (tertiary/aromatic N) is 1. The van der Waals surface area contributed by atoms with Crippen molar-refractivity contribution >= 4 is 21.8 Å². The van der Waals surface area contributed by atoms with Crippen LogP contribution in [-0.2, 0) is 6.54 Å². The molecule has 1 aromatic carbocycles. The number of hydrogen-bond acceptors (Lipinski definition) is 3. The molecule has 0 bridgehead atoms. The average Bonchev–Trinajstić information content (AvgIpc) is 3.00. The molecule has 4 nitrogen and oxygen atoms in total. The Morgan fingerprint density at radius 2 is 1.91 bits per heavy atom. The van der Waals surface area contributed by atoms with Gasteiger partial charge >= 0.3 is 0 Å². The molecule has 0 saturated carbocycles. The molecule has 0 aliphatic heterocycles. The normalized spacial score (nSPS) is 10.4. The molecule has 3 aromatic rings. The number of amides is 1. The van der Waals surface area contributed by atoms with Gasteiger partial charge in [0.1, 0.15) is 0 Å². The van der Waals surface area contributed by atoms with Gasteiger partial charge in [0.2, 0.25) is 0 Å². The molecular formula is C17H13BrN2O2. The number of rotatable bonds is 4. The second-order valence-electron chi connectivity index (χ2n) is 4.66. The Morgan fingerprint density at radius 1 is 1.09 bits per heavy atom. The summed E-state index contributed by atoms with van der Waals surface area (Å²) in [4.78, 5) is 16.5. The first-order chi connectivity index (χ1) is 10.7. The molecule has 0 unspecified atom stereocenters. The van der Waals surface area contributed by atoms with E-state index in [0.717, 1.165) is 16.8 Å². The maximum Gasteiger partial charge on any atom is 0.287 e. The van der Waals surface area contributed by atoms with Gasteiger partial charge in [0, 0.05) is 18.3 Å². The molecule has 0 aliphatic carbocycles. The summed E-state index contributed by atoms with van der Waals surface area (Å²) in [6.45, 7) is 0.384. The number of aromatic nitrogens is 1. The van der Waals surface area contributed by atoms with Crippen LogP contribution in [-0.4, -0.2) is 10.9 Å². The summed E-state index contributed by atoms with van der Waals surface area (Å²) in [5.74, 6) is 0.0191. The lowest BCUT2D eigenvalue weighted by Gasteiger charge is -2.09. The maximum atomic E-state index is 12.0. The summed E-state index contributed by atoms with van der Waals surface area (Å²) in [5, 5.41) is 2.85. The number of hydrogen-bond donors (Lipinski definition) is 1. The summed E-state index contributed by atoms with van der Waals surface area (Å²) in [5.41, 5.74) is 2.84. The Labute approximate surface area is 136 Å². The zero-order chi connectivity index (χ0) is 15.4. The highest BCUT2D eigenvalue weighted by Crippen LogP contribution is 2.21. The lowest BCUT2D eigenvalue weighted by Crippen LogP contribution is -2.22. The van der Waals surface area contributed by atoms with Gasteiger partial charge in [0.05, 0.1) is 5.69 Å². The van der Waals surface area contributed by atoms with E-state index in [9.17, 15) is 4.79 Å². The number of carbonyl (C=O) groups excluding carboxylic acids is 1. The fraction of sp³-hybridized carbons (Fsp3) is 0.0588. The van der Waals surface area contributed by atoms with Gasteiger partial charge in [-0.05, 0) is 39.7 Å². The van der Waals surface area contributed by atoms with Crippen LogP contribution in [0, 0.1) is 0 Å². The quantitative estimate of drug-likeness (QED) is 0.767. The van der Waals surface area contributed by atoms with Crippen LogP contribution in [0.15, 0.2) is 69.9 Å². The van der Waals surface area contributed by atoms with Crippen molar-refractivity contribution in [2.45, 2.75) is 6.54 Å². The van der Waals surface area contributed by atoms with Crippen LogP contribution < -0.4 is 5.32 Å². The summed E-state index contributed by atoms with van der Waals surface area (Å²) < 4.78 is 5.77. The van der Waals surface area contributed by atoms with Crippen LogP contribution in [0.5, 0.6) is 0 Å². The van der Waals surface area contributed by atoms with Gasteiger partial charge in [-0.2, -0.15) is 0 Å². The third kappa shape index (κ3) is 3.26. The van der Waals surface area contributed by atoms with Crippen molar-refractivity contribution in [3.05, 3.63) is 76.8 Å². The van der Waals surface area contributed by atoms with Gasteiger partial charge in [-0.25, -0.2) is 0 Å². The lowest BCUT2D eigenvalue weighted by molar-refractivity contribution is 0.0922. The second-order valence-corrected chi connectivity index (χ2v) is 5.45. The third-order valence-corrected chi connectivity index (χ3v) is 3.60. The van der Waals surface area contributed by atoms with Crippen molar-refractivity contribution in [2.75, 3.05) is 0 Å². The summed E-state index contributed by atoms with van der Waals surface area (Å²) in [7, 11) is 0. The van der Waals surface area contributed by atoms with E-state index in [-0.39, 0.29) is 11.7 Å². The second kappa shape index (κ2) is 6.58. The van der Waals surface area contributed by atoms with Crippen molar-refractivity contribution in [2.24, 2.45) is 0 Å². The largest absolute Gasteiger partial charge is 0.444 e. The monoisotopic (exact) mass is 356 g/mol. The van der Waals surface area contributed by atoms with Gasteiger partial charge < -0.3 is 9.73 Å². The molecule has 22 heavy (non-hydrogen) atoms. The Balaban J connectivity index is 1.77. The minimum absolute atomic E-state index is 0.256. The number of pyridine rings is 1. The first-order valence-electron chi connectivity index (χ1n) is 6.77. The van der Waals surface area contributed by atoms with Gasteiger partial charge in [0.15, 0.2) is 10.4 Å². The van der Waals surface area contributed by atoms with E-state index in [2.05, 4.69) is 26.2 Å². The average molecular weight is 357 g/mol. The number of benzene rings is 1. The number of halogens is 1. The summed E-state index contributed by atoms with van der Waals surface area (Å²) in [6.07, 6.45) is 1.75. The van der Waals surface area contributed by atoms with Crippen molar-refractivity contribution in [1.29, 1.82) is 0 Å². The molecular weight excluding hydrogens is 344 g/mol. The standard InChI is InChI=1S/C17H13BrN2O2/c18-15-9-8-14(22-15)17(21)20-11-13-7-4-10-19-16(13)12-5-2-1-3-6-12/h1-10H,11H2,(H,20,21). The Hall–Kier alpha value is -2.40. The fourth-order valence-corrected chi connectivity index (χ4v) is 2.44. The minimum Gasteiger partial charge on any atom is -0.444 e. The number of nitrogens with one attached hydrogen (secondary N) is 1. The zero-order valence-electron chi connectivity index (χ0n) is 11.6. The molecule has 0 spiro atoms. The van der Waals surface area contributed by atoms with Crippen LogP contribution in [0.3, 0.4) is 0 Å². The van der Waals surface area contributed by atoms with Gasteiger partial charge in [0.25, 0.3) is 5.91 Å². The van der Waals surface area contributed by atoms with Crippen LogP contribution in [0.1, 0.15) is 16.1 Å². The Bertz CT molecular complexity index is 784. The van der Waals surface area contributed by atoms with E-state index in [1.165, 1.54) is 0 Å².